The molecule has 6 heteroatoms. The molecular formula is C12H14FN3OS. The van der Waals surface area contributed by atoms with Gasteiger partial charge in [-0.3, -0.25) is 4.68 Å². The van der Waals surface area contributed by atoms with Crippen molar-refractivity contribution in [3.8, 4) is 5.75 Å². The third kappa shape index (κ3) is 2.43. The predicted octanol–water partition coefficient (Wildman–Crippen LogP) is 2.61. The maximum Gasteiger partial charge on any atom is 0.167 e. The normalized spacial score (nSPS) is 10.7. The quantitative estimate of drug-likeness (QED) is 0.868. The minimum Gasteiger partial charge on any atom is -0.494 e. The molecule has 1 heterocycles. The number of anilines is 1. The molecular weight excluding hydrogens is 253 g/mol. The Morgan fingerprint density at radius 2 is 2.11 bits per heavy atom. The van der Waals surface area contributed by atoms with Gasteiger partial charge in [-0.1, -0.05) is 11.8 Å². The molecule has 0 aliphatic heterocycles. The summed E-state index contributed by atoms with van der Waals surface area (Å²) in [4.78, 5) is 0.747. The van der Waals surface area contributed by atoms with Crippen LogP contribution in [0.5, 0.6) is 5.75 Å². The Morgan fingerprint density at radius 1 is 1.39 bits per heavy atom. The first-order valence-corrected chi connectivity index (χ1v) is 6.14. The lowest BCUT2D eigenvalue weighted by Gasteiger charge is -2.08. The van der Waals surface area contributed by atoms with Crippen molar-refractivity contribution in [3.05, 3.63) is 29.7 Å². The highest BCUT2D eigenvalue weighted by Gasteiger charge is 2.11. The van der Waals surface area contributed by atoms with E-state index < -0.39 is 5.82 Å². The smallest absolute Gasteiger partial charge is 0.167 e. The van der Waals surface area contributed by atoms with Gasteiger partial charge in [0, 0.05) is 23.7 Å². The van der Waals surface area contributed by atoms with E-state index in [1.807, 2.05) is 20.0 Å². The van der Waals surface area contributed by atoms with Gasteiger partial charge in [-0.25, -0.2) is 4.39 Å². The standard InChI is InChI=1S/C12H14FN3OS/c1-7-4-12(16(2)15-7)18-11-6-10(17-3)8(13)5-9(11)14/h4-6H,14H2,1-3H3. The number of methoxy groups -OCH3 is 1. The van der Waals surface area contributed by atoms with Crippen LogP contribution in [0.3, 0.4) is 0 Å². The number of hydrogen-bond acceptors (Lipinski definition) is 4. The predicted molar refractivity (Wildman–Crippen MR) is 69.4 cm³/mol. The van der Waals surface area contributed by atoms with Crippen molar-refractivity contribution in [3.63, 3.8) is 0 Å². The van der Waals surface area contributed by atoms with Gasteiger partial charge in [0.2, 0.25) is 0 Å². The van der Waals surface area contributed by atoms with Crippen LogP contribution < -0.4 is 10.5 Å². The molecule has 2 rings (SSSR count). The SMILES string of the molecule is COc1cc(Sc2cc(C)nn2C)c(N)cc1F. The van der Waals surface area contributed by atoms with Crippen LogP contribution in [0.4, 0.5) is 10.1 Å². The summed E-state index contributed by atoms with van der Waals surface area (Å²) in [5.74, 6) is -0.272. The largest absolute Gasteiger partial charge is 0.494 e. The first-order chi connectivity index (χ1) is 8.51. The molecule has 0 saturated carbocycles. The van der Waals surface area contributed by atoms with Crippen molar-refractivity contribution >= 4 is 17.4 Å². The zero-order chi connectivity index (χ0) is 13.3. The molecule has 0 saturated heterocycles. The summed E-state index contributed by atoms with van der Waals surface area (Å²) >= 11 is 1.43. The summed E-state index contributed by atoms with van der Waals surface area (Å²) in [5.41, 5.74) is 7.11. The van der Waals surface area contributed by atoms with Crippen molar-refractivity contribution in [1.82, 2.24) is 9.78 Å². The number of aryl methyl sites for hydroxylation is 2. The summed E-state index contributed by atoms with van der Waals surface area (Å²) in [6.45, 7) is 1.92. The number of halogens is 1. The molecule has 0 amide bonds. The van der Waals surface area contributed by atoms with Gasteiger partial charge < -0.3 is 10.5 Å². The lowest BCUT2D eigenvalue weighted by atomic mass is 10.3. The third-order valence-electron chi connectivity index (χ3n) is 2.46. The van der Waals surface area contributed by atoms with E-state index >= 15 is 0 Å². The lowest BCUT2D eigenvalue weighted by Crippen LogP contribution is -1.96. The Morgan fingerprint density at radius 3 is 2.67 bits per heavy atom. The highest BCUT2D eigenvalue weighted by Crippen LogP contribution is 2.36. The van der Waals surface area contributed by atoms with Crippen LogP contribution in [0, 0.1) is 12.7 Å². The van der Waals surface area contributed by atoms with Crippen LogP contribution in [0.1, 0.15) is 5.69 Å². The van der Waals surface area contributed by atoms with E-state index in [9.17, 15) is 4.39 Å². The van der Waals surface area contributed by atoms with Crippen LogP contribution in [0.15, 0.2) is 28.1 Å². The second-order valence-electron chi connectivity index (χ2n) is 3.87. The molecule has 2 N–H and O–H groups in total. The summed E-state index contributed by atoms with van der Waals surface area (Å²) in [7, 11) is 3.28. The van der Waals surface area contributed by atoms with Gasteiger partial charge in [0.05, 0.1) is 17.8 Å². The molecule has 0 bridgehead atoms. The summed E-state index contributed by atoms with van der Waals surface area (Å²) < 4.78 is 20.1. The summed E-state index contributed by atoms with van der Waals surface area (Å²) in [5, 5.41) is 5.18. The highest BCUT2D eigenvalue weighted by atomic mass is 32.2. The molecule has 2 aromatic rings. The van der Waals surface area contributed by atoms with E-state index in [4.69, 9.17) is 10.5 Å². The zero-order valence-corrected chi connectivity index (χ0v) is 11.2. The second-order valence-corrected chi connectivity index (χ2v) is 4.94. The van der Waals surface area contributed by atoms with Gasteiger partial charge in [-0.15, -0.1) is 0 Å². The number of nitrogens with two attached hydrogens (primary N) is 1. The first-order valence-electron chi connectivity index (χ1n) is 5.32. The second kappa shape index (κ2) is 4.89. The summed E-state index contributed by atoms with van der Waals surface area (Å²) in [6.07, 6.45) is 0. The molecule has 0 unspecified atom stereocenters. The van der Waals surface area contributed by atoms with Crippen molar-refractivity contribution in [1.29, 1.82) is 0 Å². The minimum atomic E-state index is -0.458. The molecule has 96 valence electrons. The maximum absolute atomic E-state index is 13.4. The Hall–Kier alpha value is -1.69. The van der Waals surface area contributed by atoms with Crippen molar-refractivity contribution < 1.29 is 9.13 Å². The minimum absolute atomic E-state index is 0.186. The molecule has 18 heavy (non-hydrogen) atoms. The van der Waals surface area contributed by atoms with E-state index in [-0.39, 0.29) is 5.75 Å². The van der Waals surface area contributed by atoms with Crippen LogP contribution in [0.25, 0.3) is 0 Å². The highest BCUT2D eigenvalue weighted by molar-refractivity contribution is 7.99. The van der Waals surface area contributed by atoms with Crippen LogP contribution in [-0.2, 0) is 7.05 Å². The average Bonchev–Trinajstić information content (AvgIpc) is 2.61. The number of aromatic nitrogens is 2. The topological polar surface area (TPSA) is 53.1 Å². The molecule has 0 spiro atoms. The van der Waals surface area contributed by atoms with Gasteiger partial charge >= 0.3 is 0 Å². The molecule has 4 nitrogen and oxygen atoms in total. The van der Waals surface area contributed by atoms with Crippen LogP contribution in [-0.4, -0.2) is 16.9 Å². The first kappa shape index (κ1) is 12.8. The Bertz CT molecular complexity index is 583. The number of nitrogens with zero attached hydrogens (tertiary/aromatic N) is 2. The molecule has 0 aliphatic carbocycles. The fraction of sp³-hybridized carbons (Fsp3) is 0.250. The number of benzene rings is 1. The fourth-order valence-corrected chi connectivity index (χ4v) is 2.56. The fourth-order valence-electron chi connectivity index (χ4n) is 1.59. The average molecular weight is 267 g/mol. The number of nitrogen functional groups attached to an aromatic ring is 1. The van der Waals surface area contributed by atoms with E-state index in [0.29, 0.717) is 5.69 Å². The molecule has 0 fully saturated rings. The lowest BCUT2D eigenvalue weighted by molar-refractivity contribution is 0.385. The van der Waals surface area contributed by atoms with Gasteiger partial charge in [0.25, 0.3) is 0 Å². The molecule has 1 aromatic heterocycles. The van der Waals surface area contributed by atoms with E-state index in [2.05, 4.69) is 5.10 Å². The Kier molecular flexibility index (Phi) is 3.47. The molecule has 0 atom stereocenters. The zero-order valence-electron chi connectivity index (χ0n) is 10.4. The van der Waals surface area contributed by atoms with E-state index in [1.165, 1.54) is 24.9 Å². The van der Waals surface area contributed by atoms with Crippen molar-refractivity contribution in [2.24, 2.45) is 7.05 Å². The molecule has 1 aromatic carbocycles. The Labute approximate surface area is 109 Å². The monoisotopic (exact) mass is 267 g/mol. The number of hydrogen-bond donors (Lipinski definition) is 1. The van der Waals surface area contributed by atoms with Crippen molar-refractivity contribution in [2.45, 2.75) is 16.8 Å². The maximum atomic E-state index is 13.4. The number of ether oxygens (including phenoxy) is 1. The molecule has 0 aliphatic rings. The van der Waals surface area contributed by atoms with Crippen LogP contribution in [0.2, 0.25) is 0 Å². The van der Waals surface area contributed by atoms with Gasteiger partial charge in [-0.05, 0) is 19.1 Å². The van der Waals surface area contributed by atoms with Gasteiger partial charge in [0.15, 0.2) is 11.6 Å². The van der Waals surface area contributed by atoms with E-state index in [1.54, 1.807) is 10.7 Å². The molecule has 0 radical (unpaired) electrons. The van der Waals surface area contributed by atoms with Crippen molar-refractivity contribution in [2.75, 3.05) is 12.8 Å². The van der Waals surface area contributed by atoms with Gasteiger partial charge in [0.1, 0.15) is 0 Å². The van der Waals surface area contributed by atoms with E-state index in [0.717, 1.165) is 15.6 Å². The summed E-state index contributed by atoms with van der Waals surface area (Å²) in [6, 6.07) is 4.81. The van der Waals surface area contributed by atoms with Gasteiger partial charge in [-0.2, -0.15) is 5.10 Å². The van der Waals surface area contributed by atoms with Crippen LogP contribution >= 0.6 is 11.8 Å². The third-order valence-corrected chi connectivity index (χ3v) is 3.62. The Balaban J connectivity index is 2.37. The number of rotatable bonds is 3.